The first kappa shape index (κ1) is 44.4. The van der Waals surface area contributed by atoms with Crippen LogP contribution in [0.15, 0.2) is 25.3 Å². The molecule has 4 nitrogen and oxygen atoms in total. The van der Waals surface area contributed by atoms with Crippen molar-refractivity contribution in [3.05, 3.63) is 25.3 Å². The van der Waals surface area contributed by atoms with Gasteiger partial charge in [0.25, 0.3) is 0 Å². The smallest absolute Gasteiger partial charge is 0.236 e. The predicted octanol–water partition coefficient (Wildman–Crippen LogP) is 9.57. The average Bonchev–Trinajstić information content (AvgIpc) is 3.37. The minimum Gasteiger partial charge on any atom is -0.355 e. The van der Waals surface area contributed by atoms with Gasteiger partial charge < -0.3 is 10.6 Å². The Balaban J connectivity index is -0.000000275. The van der Waals surface area contributed by atoms with Gasteiger partial charge in [-0.15, -0.1) is 13.2 Å². The number of nitrogens with one attached hydrogen (secondary N) is 2. The highest BCUT2D eigenvalue weighted by Gasteiger charge is 2.34. The third-order valence-electron chi connectivity index (χ3n) is 7.59. The van der Waals surface area contributed by atoms with Gasteiger partial charge in [0.15, 0.2) is 0 Å². The highest BCUT2D eigenvalue weighted by Crippen LogP contribution is 2.39. The lowest BCUT2D eigenvalue weighted by molar-refractivity contribution is -0.123. The van der Waals surface area contributed by atoms with E-state index in [1.54, 1.807) is 0 Å². The van der Waals surface area contributed by atoms with E-state index in [1.165, 1.54) is 25.7 Å². The number of carbonyl (C=O) groups is 2. The van der Waals surface area contributed by atoms with Crippen LogP contribution in [0.2, 0.25) is 0 Å². The molecular weight excluding hydrogens is 604 g/mol. The summed E-state index contributed by atoms with van der Waals surface area (Å²) < 4.78 is -0.940. The molecule has 2 saturated carbocycles. The molecule has 6 heteroatoms. The van der Waals surface area contributed by atoms with Crippen LogP contribution in [-0.2, 0) is 9.59 Å². The van der Waals surface area contributed by atoms with Crippen LogP contribution in [0.3, 0.4) is 0 Å². The number of carbonyl (C=O) groups excluding carboxylic acids is 2. The van der Waals surface area contributed by atoms with Gasteiger partial charge in [-0.2, -0.15) is 0 Å². The highest BCUT2D eigenvalue weighted by atomic mass is 79.9. The summed E-state index contributed by atoms with van der Waals surface area (Å²) in [5.41, 5.74) is 0. The molecule has 0 aromatic heterocycles. The van der Waals surface area contributed by atoms with E-state index in [9.17, 15) is 9.59 Å². The Kier molecular flexibility index (Phi) is 23.7. The number of rotatable bonds is 10. The van der Waals surface area contributed by atoms with Crippen LogP contribution in [-0.4, -0.2) is 33.6 Å². The maximum atomic E-state index is 11.8. The van der Waals surface area contributed by atoms with Gasteiger partial charge in [-0.25, -0.2) is 0 Å². The normalized spacial score (nSPS) is 26.0. The Morgan fingerprint density at radius 1 is 0.737 bits per heavy atom. The fourth-order valence-electron chi connectivity index (χ4n) is 5.21. The van der Waals surface area contributed by atoms with Crippen LogP contribution in [0.5, 0.6) is 0 Å². The number of hydrogen-bond acceptors (Lipinski definition) is 2. The Labute approximate surface area is 255 Å². The molecule has 0 spiro atoms. The minimum absolute atomic E-state index is 0. The first-order valence-corrected chi connectivity index (χ1v) is 14.5. The summed E-state index contributed by atoms with van der Waals surface area (Å²) in [5, 5.41) is 6.09. The lowest BCUT2D eigenvalue weighted by Gasteiger charge is -2.21. The maximum absolute atomic E-state index is 11.8. The summed E-state index contributed by atoms with van der Waals surface area (Å²) in [7, 11) is 0. The Hall–Kier alpha value is -0.620. The number of amides is 2. The van der Waals surface area contributed by atoms with Gasteiger partial charge >= 0.3 is 0 Å². The predicted molar refractivity (Wildman–Crippen MR) is 179 cm³/mol. The average molecular weight is 669 g/mol. The molecular formula is C32H64Br2N2O2. The lowest BCUT2D eigenvalue weighted by Crippen LogP contribution is -2.40. The molecule has 0 heterocycles. The zero-order chi connectivity index (χ0) is 26.1. The first-order chi connectivity index (χ1) is 15.8. The summed E-state index contributed by atoms with van der Waals surface area (Å²) in [5.74, 6) is 4.07. The Bertz CT molecular complexity index is 682. The van der Waals surface area contributed by atoms with Gasteiger partial charge in [0.2, 0.25) is 11.8 Å². The molecule has 2 aliphatic rings. The van der Waals surface area contributed by atoms with Gasteiger partial charge in [-0.05, 0) is 88.9 Å². The number of hydrogen-bond donors (Lipinski definition) is 2. The van der Waals surface area contributed by atoms with E-state index in [2.05, 4.69) is 69.5 Å². The first-order valence-electron chi connectivity index (χ1n) is 13.0. The largest absolute Gasteiger partial charge is 0.355 e. The van der Waals surface area contributed by atoms with Crippen molar-refractivity contribution in [1.82, 2.24) is 10.6 Å². The molecule has 6 unspecified atom stereocenters. The van der Waals surface area contributed by atoms with Crippen molar-refractivity contribution < 1.29 is 9.59 Å². The van der Waals surface area contributed by atoms with Crippen LogP contribution in [0, 0.1) is 35.5 Å². The van der Waals surface area contributed by atoms with Crippen molar-refractivity contribution >= 4 is 43.7 Å². The molecule has 2 amide bonds. The minimum atomic E-state index is -0.493. The van der Waals surface area contributed by atoms with Gasteiger partial charge in [-0.3, -0.25) is 9.59 Å². The standard InChI is InChI=1S/C14H26BrNO.C14H22BrNO.4CH4/c2*1-5-10-7-11(6-2)12(8-10)9-16-13(17)14(3,4)15;;;;/h10-12H,5-9H2,1-4H3,(H,16,17);5-6,10-12H,1-2,7-9H2,3-4H3,(H,16,17);4*1H4. The van der Waals surface area contributed by atoms with Crippen LogP contribution < -0.4 is 10.6 Å². The Morgan fingerprint density at radius 3 is 1.55 bits per heavy atom. The summed E-state index contributed by atoms with van der Waals surface area (Å²) in [6.45, 7) is 21.4. The Morgan fingerprint density at radius 2 is 1.18 bits per heavy atom. The van der Waals surface area contributed by atoms with E-state index >= 15 is 0 Å². The second kappa shape index (κ2) is 20.3. The number of alkyl halides is 2. The molecule has 2 N–H and O–H groups in total. The van der Waals surface area contributed by atoms with Crippen LogP contribution in [0.4, 0.5) is 0 Å². The van der Waals surface area contributed by atoms with E-state index in [1.807, 2.05) is 39.8 Å². The summed E-state index contributed by atoms with van der Waals surface area (Å²) >= 11 is 6.76. The number of halogens is 2. The maximum Gasteiger partial charge on any atom is 0.236 e. The van der Waals surface area contributed by atoms with Crippen molar-refractivity contribution in [2.75, 3.05) is 13.1 Å². The molecule has 2 aliphatic carbocycles. The van der Waals surface area contributed by atoms with Gasteiger partial charge in [-0.1, -0.05) is 100 Å². The van der Waals surface area contributed by atoms with Crippen LogP contribution in [0.25, 0.3) is 0 Å². The molecule has 228 valence electrons. The van der Waals surface area contributed by atoms with Crippen LogP contribution >= 0.6 is 31.9 Å². The molecule has 0 radical (unpaired) electrons. The van der Waals surface area contributed by atoms with Crippen molar-refractivity contribution in [2.45, 2.75) is 118 Å². The fraction of sp³-hybridized carbons (Fsp3) is 0.812. The van der Waals surface area contributed by atoms with Gasteiger partial charge in [0.1, 0.15) is 0 Å². The molecule has 0 aromatic carbocycles. The molecule has 0 aliphatic heterocycles. The molecule has 38 heavy (non-hydrogen) atoms. The summed E-state index contributed by atoms with van der Waals surface area (Å²) in [4.78, 5) is 23.6. The van der Waals surface area contributed by atoms with Gasteiger partial charge in [0, 0.05) is 13.1 Å². The monoisotopic (exact) mass is 666 g/mol. The third-order valence-corrected chi connectivity index (χ3v) is 8.31. The van der Waals surface area contributed by atoms with Crippen LogP contribution in [0.1, 0.15) is 110 Å². The molecule has 0 bridgehead atoms. The molecule has 2 rings (SSSR count). The van der Waals surface area contributed by atoms with E-state index in [-0.39, 0.29) is 41.5 Å². The van der Waals surface area contributed by atoms with E-state index in [4.69, 9.17) is 0 Å². The second-order valence-corrected chi connectivity index (χ2v) is 15.1. The quantitative estimate of drug-likeness (QED) is 0.180. The molecule has 2 fully saturated rings. The van der Waals surface area contributed by atoms with E-state index < -0.39 is 8.65 Å². The number of allylic oxidation sites excluding steroid dienone is 2. The van der Waals surface area contributed by atoms with Crippen molar-refractivity contribution in [3.63, 3.8) is 0 Å². The SMILES string of the molecule is C.C.C.C.C=CC1CC(C=C)C(CNC(=O)C(C)(C)Br)C1.CCC1CC(CC)C(CNC(=O)C(C)(C)Br)C1. The van der Waals surface area contributed by atoms with Crippen molar-refractivity contribution in [2.24, 2.45) is 35.5 Å². The molecule has 0 aromatic rings. The molecule has 6 atom stereocenters. The van der Waals surface area contributed by atoms with E-state index in [0.29, 0.717) is 23.7 Å². The summed E-state index contributed by atoms with van der Waals surface area (Å²) in [6, 6.07) is 0. The zero-order valence-electron chi connectivity index (χ0n) is 22.3. The lowest BCUT2D eigenvalue weighted by atomic mass is 9.93. The zero-order valence-corrected chi connectivity index (χ0v) is 25.4. The highest BCUT2D eigenvalue weighted by molar-refractivity contribution is 9.10. The fourth-order valence-corrected chi connectivity index (χ4v) is 5.49. The summed E-state index contributed by atoms with van der Waals surface area (Å²) in [6.07, 6.45) is 11.4. The van der Waals surface area contributed by atoms with Crippen molar-refractivity contribution in [1.29, 1.82) is 0 Å². The van der Waals surface area contributed by atoms with E-state index in [0.717, 1.165) is 37.8 Å². The third kappa shape index (κ3) is 14.7. The molecule has 0 saturated heterocycles. The second-order valence-electron chi connectivity index (χ2n) is 11.2. The van der Waals surface area contributed by atoms with Gasteiger partial charge in [0.05, 0.1) is 8.65 Å². The topological polar surface area (TPSA) is 58.2 Å². The van der Waals surface area contributed by atoms with Crippen molar-refractivity contribution in [3.8, 4) is 0 Å².